The average Bonchev–Trinajstić information content (AvgIpc) is 2.97. The van der Waals surface area contributed by atoms with Gasteiger partial charge in [-0.25, -0.2) is 4.98 Å². The highest BCUT2D eigenvalue weighted by Gasteiger charge is 2.31. The molecule has 0 bridgehead atoms. The molecule has 4 rings (SSSR count). The van der Waals surface area contributed by atoms with Crippen LogP contribution in [0, 0.1) is 6.92 Å². The van der Waals surface area contributed by atoms with Crippen molar-refractivity contribution in [3.8, 4) is 0 Å². The fourth-order valence-corrected chi connectivity index (χ4v) is 3.11. The Balaban J connectivity index is 1.73. The molecular weight excluding hydrogens is 320 g/mol. The van der Waals surface area contributed by atoms with E-state index in [1.807, 2.05) is 14.0 Å². The van der Waals surface area contributed by atoms with Crippen molar-refractivity contribution in [2.45, 2.75) is 31.9 Å². The first-order chi connectivity index (χ1) is 12.1. The predicted octanol–water partition coefficient (Wildman–Crippen LogP) is 1.68. The molecule has 1 aliphatic carbocycles. The number of aromatic nitrogens is 4. The van der Waals surface area contributed by atoms with Crippen molar-refractivity contribution in [3.63, 3.8) is 0 Å². The molecule has 8 heteroatoms. The van der Waals surface area contributed by atoms with E-state index in [1.165, 1.54) is 0 Å². The van der Waals surface area contributed by atoms with Crippen LogP contribution in [0.5, 0.6) is 0 Å². The number of aliphatic hydroxyl groups is 1. The number of nitrogens with zero attached hydrogens (tertiary/aromatic N) is 4. The zero-order valence-corrected chi connectivity index (χ0v) is 14.1. The molecule has 25 heavy (non-hydrogen) atoms. The highest BCUT2D eigenvalue weighted by atomic mass is 16.3. The number of pyridine rings is 1. The maximum atomic E-state index is 12.7. The minimum atomic E-state index is -0.451. The summed E-state index contributed by atoms with van der Waals surface area (Å²) in [6, 6.07) is 5.18. The van der Waals surface area contributed by atoms with Crippen molar-refractivity contribution in [2.75, 3.05) is 17.7 Å². The molecule has 0 aromatic carbocycles. The summed E-state index contributed by atoms with van der Waals surface area (Å²) in [6.45, 7) is 1.94. The number of hydrogen-bond acceptors (Lipinski definition) is 6. The van der Waals surface area contributed by atoms with E-state index in [4.69, 9.17) is 0 Å². The normalized spacial score (nSPS) is 19.6. The molecule has 3 heterocycles. The second-order valence-electron chi connectivity index (χ2n) is 6.31. The molecule has 2 unspecified atom stereocenters. The Labute approximate surface area is 144 Å². The molecule has 0 amide bonds. The van der Waals surface area contributed by atoms with Crippen LogP contribution in [0.15, 0.2) is 35.4 Å². The van der Waals surface area contributed by atoms with Gasteiger partial charge in [0.1, 0.15) is 17.3 Å². The van der Waals surface area contributed by atoms with E-state index < -0.39 is 6.10 Å². The Morgan fingerprint density at radius 3 is 2.88 bits per heavy atom. The second kappa shape index (κ2) is 5.89. The summed E-state index contributed by atoms with van der Waals surface area (Å²) < 4.78 is 3.31. The average molecular weight is 340 g/mol. The van der Waals surface area contributed by atoms with E-state index in [0.717, 1.165) is 29.9 Å². The molecular formula is C17H20N6O2. The Morgan fingerprint density at radius 2 is 2.20 bits per heavy atom. The van der Waals surface area contributed by atoms with Crippen LogP contribution in [0.3, 0.4) is 0 Å². The van der Waals surface area contributed by atoms with E-state index >= 15 is 0 Å². The topological polar surface area (TPSA) is 96.5 Å². The SMILES string of the molecule is CNc1cc(Nc2cccn(C3CCC3O)c2=O)nc2c(C)cnn12. The number of hydrogen-bond donors (Lipinski definition) is 3. The lowest BCUT2D eigenvalue weighted by Gasteiger charge is -2.34. The van der Waals surface area contributed by atoms with Crippen LogP contribution < -0.4 is 16.2 Å². The standard InChI is InChI=1S/C17H20N6O2/c1-10-9-19-23-15(18-2)8-14(21-16(10)23)20-11-4-3-7-22(17(11)25)12-5-6-13(12)24/h3-4,7-9,12-13,18,24H,5-6H2,1-2H3,(H,20,21). The Morgan fingerprint density at radius 1 is 1.36 bits per heavy atom. The molecule has 3 aromatic heterocycles. The van der Waals surface area contributed by atoms with Crippen molar-refractivity contribution < 1.29 is 5.11 Å². The van der Waals surface area contributed by atoms with Gasteiger partial charge in [0, 0.05) is 24.9 Å². The van der Waals surface area contributed by atoms with Crippen LogP contribution in [0.2, 0.25) is 0 Å². The zero-order valence-electron chi connectivity index (χ0n) is 14.1. The van der Waals surface area contributed by atoms with Crippen molar-refractivity contribution in [1.82, 2.24) is 19.2 Å². The van der Waals surface area contributed by atoms with Gasteiger partial charge in [-0.2, -0.15) is 9.61 Å². The summed E-state index contributed by atoms with van der Waals surface area (Å²) in [6.07, 6.45) is 4.57. The van der Waals surface area contributed by atoms with Crippen molar-refractivity contribution in [2.24, 2.45) is 0 Å². The minimum Gasteiger partial charge on any atom is -0.391 e. The lowest BCUT2D eigenvalue weighted by Crippen LogP contribution is -2.39. The molecule has 2 atom stereocenters. The van der Waals surface area contributed by atoms with Gasteiger partial charge >= 0.3 is 0 Å². The maximum Gasteiger partial charge on any atom is 0.274 e. The molecule has 0 radical (unpaired) electrons. The Hall–Kier alpha value is -2.87. The van der Waals surface area contributed by atoms with Gasteiger partial charge in [-0.3, -0.25) is 4.79 Å². The van der Waals surface area contributed by atoms with Crippen LogP contribution in [0.4, 0.5) is 17.3 Å². The van der Waals surface area contributed by atoms with E-state index in [-0.39, 0.29) is 11.6 Å². The van der Waals surface area contributed by atoms with Crippen LogP contribution >= 0.6 is 0 Å². The lowest BCUT2D eigenvalue weighted by molar-refractivity contribution is 0.0300. The summed E-state index contributed by atoms with van der Waals surface area (Å²) in [5.41, 5.74) is 1.94. The van der Waals surface area contributed by atoms with Crippen LogP contribution in [0.25, 0.3) is 5.65 Å². The van der Waals surface area contributed by atoms with Gasteiger partial charge in [-0.15, -0.1) is 0 Å². The number of aryl methyl sites for hydroxylation is 1. The molecule has 0 spiro atoms. The first-order valence-electron chi connectivity index (χ1n) is 8.28. The summed E-state index contributed by atoms with van der Waals surface area (Å²) in [4.78, 5) is 17.3. The lowest BCUT2D eigenvalue weighted by atomic mass is 9.89. The van der Waals surface area contributed by atoms with Gasteiger partial charge in [-0.05, 0) is 31.9 Å². The third-order valence-corrected chi connectivity index (χ3v) is 4.70. The summed E-state index contributed by atoms with van der Waals surface area (Å²) in [5.74, 6) is 1.33. The molecule has 1 saturated carbocycles. The van der Waals surface area contributed by atoms with Gasteiger partial charge in [0.05, 0.1) is 18.3 Å². The molecule has 3 N–H and O–H groups in total. The molecule has 0 saturated heterocycles. The quantitative estimate of drug-likeness (QED) is 0.669. The fourth-order valence-electron chi connectivity index (χ4n) is 3.11. The third kappa shape index (κ3) is 2.54. The monoisotopic (exact) mass is 340 g/mol. The maximum absolute atomic E-state index is 12.7. The second-order valence-corrected chi connectivity index (χ2v) is 6.31. The first-order valence-corrected chi connectivity index (χ1v) is 8.28. The smallest absolute Gasteiger partial charge is 0.274 e. The molecule has 3 aromatic rings. The van der Waals surface area contributed by atoms with E-state index in [0.29, 0.717) is 11.5 Å². The first kappa shape index (κ1) is 15.6. The largest absolute Gasteiger partial charge is 0.391 e. The molecule has 1 fully saturated rings. The molecule has 130 valence electrons. The van der Waals surface area contributed by atoms with Gasteiger partial charge in [0.2, 0.25) is 0 Å². The summed E-state index contributed by atoms with van der Waals surface area (Å²) >= 11 is 0. The fraction of sp³-hybridized carbons (Fsp3) is 0.353. The van der Waals surface area contributed by atoms with Crippen molar-refractivity contribution >= 4 is 23.0 Å². The Kier molecular flexibility index (Phi) is 3.69. The van der Waals surface area contributed by atoms with Crippen LogP contribution in [-0.2, 0) is 0 Å². The summed E-state index contributed by atoms with van der Waals surface area (Å²) in [5, 5.41) is 20.3. The number of aliphatic hydroxyl groups excluding tert-OH is 1. The van der Waals surface area contributed by atoms with Gasteiger partial charge in [0.25, 0.3) is 5.56 Å². The van der Waals surface area contributed by atoms with E-state index in [1.54, 1.807) is 39.7 Å². The number of fused-ring (bicyclic) bond motifs is 1. The van der Waals surface area contributed by atoms with Gasteiger partial charge in [0.15, 0.2) is 5.65 Å². The van der Waals surface area contributed by atoms with E-state index in [9.17, 15) is 9.90 Å². The minimum absolute atomic E-state index is 0.144. The Bertz CT molecular complexity index is 992. The van der Waals surface area contributed by atoms with Gasteiger partial charge in [-0.1, -0.05) is 0 Å². The molecule has 8 nitrogen and oxygen atoms in total. The predicted molar refractivity (Wildman–Crippen MR) is 95.5 cm³/mol. The van der Waals surface area contributed by atoms with Crippen LogP contribution in [-0.4, -0.2) is 37.4 Å². The van der Waals surface area contributed by atoms with Crippen molar-refractivity contribution in [1.29, 1.82) is 0 Å². The van der Waals surface area contributed by atoms with E-state index in [2.05, 4.69) is 20.7 Å². The number of anilines is 3. The van der Waals surface area contributed by atoms with Gasteiger partial charge < -0.3 is 20.3 Å². The summed E-state index contributed by atoms with van der Waals surface area (Å²) in [7, 11) is 1.81. The number of nitrogens with one attached hydrogen (secondary N) is 2. The van der Waals surface area contributed by atoms with Crippen LogP contribution in [0.1, 0.15) is 24.4 Å². The zero-order chi connectivity index (χ0) is 17.6. The third-order valence-electron chi connectivity index (χ3n) is 4.70. The highest BCUT2D eigenvalue weighted by Crippen LogP contribution is 2.31. The highest BCUT2D eigenvalue weighted by molar-refractivity contribution is 5.64. The molecule has 0 aliphatic heterocycles. The molecule has 1 aliphatic rings. The number of rotatable bonds is 4. The van der Waals surface area contributed by atoms with Crippen molar-refractivity contribution in [3.05, 3.63) is 46.5 Å².